The second-order valence-electron chi connectivity index (χ2n) is 6.26. The molecule has 112 valence electrons. The molecule has 0 saturated carbocycles. The van der Waals surface area contributed by atoms with E-state index in [1.807, 2.05) is 13.0 Å². The van der Waals surface area contributed by atoms with Crippen molar-refractivity contribution in [1.29, 1.82) is 0 Å². The fraction of sp³-hybridized carbons (Fsp3) is 0.625. The van der Waals surface area contributed by atoms with Gasteiger partial charge in [0, 0.05) is 31.7 Å². The van der Waals surface area contributed by atoms with Gasteiger partial charge in [-0.3, -0.25) is 4.90 Å². The number of benzene rings is 1. The standard InChI is InChI=1S/C16H25FN2O/c1-13-8-14(10-15(17)9-13)11-18-16(2,3)12-19-4-6-20-7-5-19/h8-10,18H,4-7,11-12H2,1-3H3. The van der Waals surface area contributed by atoms with Crippen LogP contribution in [0.15, 0.2) is 18.2 Å². The van der Waals surface area contributed by atoms with Crippen molar-refractivity contribution in [2.45, 2.75) is 32.9 Å². The van der Waals surface area contributed by atoms with E-state index < -0.39 is 0 Å². The number of morpholine rings is 1. The molecule has 1 aromatic rings. The third-order valence-corrected chi connectivity index (χ3v) is 3.60. The van der Waals surface area contributed by atoms with Crippen LogP contribution in [0.2, 0.25) is 0 Å². The molecule has 20 heavy (non-hydrogen) atoms. The molecule has 1 aliphatic rings. The van der Waals surface area contributed by atoms with Crippen molar-refractivity contribution >= 4 is 0 Å². The second kappa shape index (κ2) is 6.66. The third kappa shape index (κ3) is 4.85. The van der Waals surface area contributed by atoms with Crippen LogP contribution in [0.25, 0.3) is 0 Å². The van der Waals surface area contributed by atoms with Gasteiger partial charge in [-0.15, -0.1) is 0 Å². The molecule has 1 N–H and O–H groups in total. The number of halogens is 1. The van der Waals surface area contributed by atoms with Gasteiger partial charge in [-0.25, -0.2) is 4.39 Å². The van der Waals surface area contributed by atoms with E-state index in [0.29, 0.717) is 6.54 Å². The summed E-state index contributed by atoms with van der Waals surface area (Å²) in [6.45, 7) is 11.6. The lowest BCUT2D eigenvalue weighted by atomic mass is 10.0. The van der Waals surface area contributed by atoms with Gasteiger partial charge in [-0.05, 0) is 44.0 Å². The summed E-state index contributed by atoms with van der Waals surface area (Å²) < 4.78 is 18.7. The van der Waals surface area contributed by atoms with Gasteiger partial charge in [0.1, 0.15) is 5.82 Å². The summed E-state index contributed by atoms with van der Waals surface area (Å²) in [5, 5.41) is 3.53. The molecule has 1 aliphatic heterocycles. The van der Waals surface area contributed by atoms with Crippen molar-refractivity contribution in [3.05, 3.63) is 35.1 Å². The van der Waals surface area contributed by atoms with Crippen LogP contribution in [-0.2, 0) is 11.3 Å². The van der Waals surface area contributed by atoms with Gasteiger partial charge in [0.15, 0.2) is 0 Å². The molecule has 1 aromatic carbocycles. The lowest BCUT2D eigenvalue weighted by Gasteiger charge is -2.35. The quantitative estimate of drug-likeness (QED) is 0.896. The van der Waals surface area contributed by atoms with E-state index in [1.54, 1.807) is 12.1 Å². The fourth-order valence-electron chi connectivity index (χ4n) is 2.63. The maximum Gasteiger partial charge on any atom is 0.123 e. The Morgan fingerprint density at radius 1 is 1.25 bits per heavy atom. The highest BCUT2D eigenvalue weighted by Crippen LogP contribution is 2.12. The van der Waals surface area contributed by atoms with E-state index in [1.165, 1.54) is 0 Å². The minimum atomic E-state index is -0.159. The van der Waals surface area contributed by atoms with E-state index in [9.17, 15) is 4.39 Å². The maximum absolute atomic E-state index is 13.4. The average Bonchev–Trinajstić information content (AvgIpc) is 2.36. The number of nitrogens with one attached hydrogen (secondary N) is 1. The van der Waals surface area contributed by atoms with Crippen molar-refractivity contribution in [2.75, 3.05) is 32.8 Å². The predicted molar refractivity (Wildman–Crippen MR) is 79.3 cm³/mol. The Labute approximate surface area is 121 Å². The van der Waals surface area contributed by atoms with Crippen LogP contribution in [0.5, 0.6) is 0 Å². The van der Waals surface area contributed by atoms with E-state index in [-0.39, 0.29) is 11.4 Å². The van der Waals surface area contributed by atoms with Gasteiger partial charge in [0.25, 0.3) is 0 Å². The molecule has 1 saturated heterocycles. The zero-order chi connectivity index (χ0) is 14.6. The van der Waals surface area contributed by atoms with Crippen molar-refractivity contribution in [3.8, 4) is 0 Å². The summed E-state index contributed by atoms with van der Waals surface area (Å²) in [4.78, 5) is 2.41. The SMILES string of the molecule is Cc1cc(F)cc(CNC(C)(C)CN2CCOCC2)c1. The molecule has 0 radical (unpaired) electrons. The Morgan fingerprint density at radius 2 is 1.95 bits per heavy atom. The van der Waals surface area contributed by atoms with Gasteiger partial charge < -0.3 is 10.1 Å². The number of nitrogens with zero attached hydrogens (tertiary/aromatic N) is 1. The number of aryl methyl sites for hydroxylation is 1. The highest BCUT2D eigenvalue weighted by atomic mass is 19.1. The molecule has 1 heterocycles. The molecule has 0 bridgehead atoms. The van der Waals surface area contributed by atoms with E-state index in [4.69, 9.17) is 4.74 Å². The number of rotatable bonds is 5. The average molecular weight is 280 g/mol. The van der Waals surface area contributed by atoms with Gasteiger partial charge in [0.2, 0.25) is 0 Å². The summed E-state index contributed by atoms with van der Waals surface area (Å²) in [6, 6.07) is 5.19. The molecular weight excluding hydrogens is 255 g/mol. The molecule has 3 nitrogen and oxygen atoms in total. The predicted octanol–water partition coefficient (Wildman–Crippen LogP) is 2.33. The summed E-state index contributed by atoms with van der Waals surface area (Å²) in [6.07, 6.45) is 0. The van der Waals surface area contributed by atoms with Gasteiger partial charge in [-0.2, -0.15) is 0 Å². The van der Waals surface area contributed by atoms with Gasteiger partial charge >= 0.3 is 0 Å². The van der Waals surface area contributed by atoms with Crippen LogP contribution in [0.3, 0.4) is 0 Å². The Balaban J connectivity index is 1.87. The first-order valence-corrected chi connectivity index (χ1v) is 7.26. The normalized spacial score (nSPS) is 17.4. The molecule has 4 heteroatoms. The summed E-state index contributed by atoms with van der Waals surface area (Å²) in [5.41, 5.74) is 1.96. The summed E-state index contributed by atoms with van der Waals surface area (Å²) in [5.74, 6) is -0.159. The van der Waals surface area contributed by atoms with Crippen molar-refractivity contribution in [1.82, 2.24) is 10.2 Å². The number of hydrogen-bond donors (Lipinski definition) is 1. The van der Waals surface area contributed by atoms with Gasteiger partial charge in [-0.1, -0.05) is 6.07 Å². The third-order valence-electron chi connectivity index (χ3n) is 3.60. The Hall–Kier alpha value is -0.970. The smallest absolute Gasteiger partial charge is 0.123 e. The fourth-order valence-corrected chi connectivity index (χ4v) is 2.63. The van der Waals surface area contributed by atoms with Crippen LogP contribution >= 0.6 is 0 Å². The Bertz CT molecular complexity index is 422. The van der Waals surface area contributed by atoms with Crippen LogP contribution in [0, 0.1) is 12.7 Å². The van der Waals surface area contributed by atoms with Crippen molar-refractivity contribution < 1.29 is 9.13 Å². The van der Waals surface area contributed by atoms with Crippen LogP contribution in [-0.4, -0.2) is 43.3 Å². The van der Waals surface area contributed by atoms with Crippen molar-refractivity contribution in [2.24, 2.45) is 0 Å². The number of hydrogen-bond acceptors (Lipinski definition) is 3. The molecule has 0 unspecified atom stereocenters. The second-order valence-corrected chi connectivity index (χ2v) is 6.26. The maximum atomic E-state index is 13.4. The molecule has 2 rings (SSSR count). The van der Waals surface area contributed by atoms with E-state index in [2.05, 4.69) is 24.1 Å². The zero-order valence-electron chi connectivity index (χ0n) is 12.7. The molecule has 0 amide bonds. The highest BCUT2D eigenvalue weighted by molar-refractivity contribution is 5.23. The first-order chi connectivity index (χ1) is 9.44. The molecule has 0 aliphatic carbocycles. The van der Waals surface area contributed by atoms with Crippen LogP contribution in [0.4, 0.5) is 4.39 Å². The summed E-state index contributed by atoms with van der Waals surface area (Å²) >= 11 is 0. The van der Waals surface area contributed by atoms with Crippen LogP contribution in [0.1, 0.15) is 25.0 Å². The monoisotopic (exact) mass is 280 g/mol. The van der Waals surface area contributed by atoms with Crippen LogP contribution < -0.4 is 5.32 Å². The number of ether oxygens (including phenoxy) is 1. The minimum absolute atomic E-state index is 0.00242. The largest absolute Gasteiger partial charge is 0.379 e. The van der Waals surface area contributed by atoms with Gasteiger partial charge in [0.05, 0.1) is 13.2 Å². The zero-order valence-corrected chi connectivity index (χ0v) is 12.7. The molecule has 0 atom stereocenters. The lowest BCUT2D eigenvalue weighted by Crippen LogP contribution is -2.51. The topological polar surface area (TPSA) is 24.5 Å². The first-order valence-electron chi connectivity index (χ1n) is 7.26. The van der Waals surface area contributed by atoms with E-state index >= 15 is 0 Å². The Kier molecular flexibility index (Phi) is 5.13. The highest BCUT2D eigenvalue weighted by Gasteiger charge is 2.22. The van der Waals surface area contributed by atoms with E-state index in [0.717, 1.165) is 44.0 Å². The van der Waals surface area contributed by atoms with Crippen molar-refractivity contribution in [3.63, 3.8) is 0 Å². The lowest BCUT2D eigenvalue weighted by molar-refractivity contribution is 0.0269. The summed E-state index contributed by atoms with van der Waals surface area (Å²) in [7, 11) is 0. The molecule has 0 spiro atoms. The molecule has 1 fully saturated rings. The molecule has 0 aromatic heterocycles. The molecular formula is C16H25FN2O. The first kappa shape index (κ1) is 15.4. The Morgan fingerprint density at radius 3 is 2.60 bits per heavy atom. The minimum Gasteiger partial charge on any atom is -0.379 e.